The molecule has 4 heteroatoms. The van der Waals surface area contributed by atoms with Crippen LogP contribution in [0.5, 0.6) is 5.75 Å². The first-order chi connectivity index (χ1) is 8.56. The average Bonchev–Trinajstić information content (AvgIpc) is 2.39. The van der Waals surface area contributed by atoms with E-state index in [1.165, 1.54) is 0 Å². The molecule has 0 unspecified atom stereocenters. The number of carbonyl (C=O) groups is 1. The fourth-order valence-electron chi connectivity index (χ4n) is 1.37. The third kappa shape index (κ3) is 4.61. The summed E-state index contributed by atoms with van der Waals surface area (Å²) >= 11 is 1.56. The van der Waals surface area contributed by atoms with Crippen LogP contribution in [0.15, 0.2) is 29.2 Å². The van der Waals surface area contributed by atoms with Crippen molar-refractivity contribution < 1.29 is 9.53 Å². The molecule has 0 heterocycles. The number of benzene rings is 1. The van der Waals surface area contributed by atoms with E-state index < -0.39 is 0 Å². The molecule has 0 aliphatic carbocycles. The van der Waals surface area contributed by atoms with E-state index in [0.717, 1.165) is 17.1 Å². The molecule has 0 spiro atoms. The molecule has 0 saturated heterocycles. The molecule has 3 nitrogen and oxygen atoms in total. The first-order valence-electron chi connectivity index (χ1n) is 6.18. The lowest BCUT2D eigenvalue weighted by Gasteiger charge is -2.16. The van der Waals surface area contributed by atoms with Crippen molar-refractivity contribution in [2.24, 2.45) is 0 Å². The number of ether oxygens (including phenoxy) is 1. The Morgan fingerprint density at radius 2 is 1.94 bits per heavy atom. The van der Waals surface area contributed by atoms with Gasteiger partial charge in [0, 0.05) is 10.9 Å². The quantitative estimate of drug-likeness (QED) is 0.805. The highest BCUT2D eigenvalue weighted by Gasteiger charge is 2.15. The summed E-state index contributed by atoms with van der Waals surface area (Å²) in [5, 5.41) is 2.90. The number of rotatable bonds is 6. The summed E-state index contributed by atoms with van der Waals surface area (Å²) < 4.78 is 5.10. The van der Waals surface area contributed by atoms with Gasteiger partial charge >= 0.3 is 0 Å². The Balaban J connectivity index is 2.52. The molecule has 100 valence electrons. The van der Waals surface area contributed by atoms with Gasteiger partial charge in [-0.2, -0.15) is 0 Å². The number of thioether (sulfide) groups is 1. The van der Waals surface area contributed by atoms with E-state index >= 15 is 0 Å². The first kappa shape index (κ1) is 14.9. The van der Waals surface area contributed by atoms with Gasteiger partial charge < -0.3 is 10.1 Å². The van der Waals surface area contributed by atoms with Crippen LogP contribution in [0.25, 0.3) is 0 Å². The van der Waals surface area contributed by atoms with Gasteiger partial charge in [-0.25, -0.2) is 0 Å². The van der Waals surface area contributed by atoms with E-state index in [1.807, 2.05) is 38.1 Å². The SMILES string of the molecule is CC[C@H](C)NC(=O)[C@H](C)Sc1ccc(OC)cc1. The third-order valence-corrected chi connectivity index (χ3v) is 3.85. The summed E-state index contributed by atoms with van der Waals surface area (Å²) in [6, 6.07) is 7.98. The average molecular weight is 267 g/mol. The van der Waals surface area contributed by atoms with Gasteiger partial charge in [0.2, 0.25) is 5.91 Å². The lowest BCUT2D eigenvalue weighted by Crippen LogP contribution is -2.37. The largest absolute Gasteiger partial charge is 0.497 e. The van der Waals surface area contributed by atoms with Gasteiger partial charge in [-0.3, -0.25) is 4.79 Å². The van der Waals surface area contributed by atoms with Crippen molar-refractivity contribution in [3.63, 3.8) is 0 Å². The molecule has 1 amide bonds. The van der Waals surface area contributed by atoms with Gasteiger partial charge in [0.15, 0.2) is 0 Å². The number of methoxy groups -OCH3 is 1. The molecular weight excluding hydrogens is 246 g/mol. The van der Waals surface area contributed by atoms with Crippen molar-refractivity contribution in [2.45, 2.75) is 43.4 Å². The number of amides is 1. The number of hydrogen-bond acceptors (Lipinski definition) is 3. The van der Waals surface area contributed by atoms with Crippen LogP contribution in [-0.4, -0.2) is 24.3 Å². The fraction of sp³-hybridized carbons (Fsp3) is 0.500. The Kier molecular flexibility index (Phi) is 6.05. The molecule has 1 aromatic rings. The normalized spacial score (nSPS) is 13.8. The number of nitrogens with one attached hydrogen (secondary N) is 1. The molecule has 18 heavy (non-hydrogen) atoms. The molecule has 0 aliphatic rings. The Morgan fingerprint density at radius 3 is 2.44 bits per heavy atom. The van der Waals surface area contributed by atoms with E-state index in [1.54, 1.807) is 18.9 Å². The van der Waals surface area contributed by atoms with Gasteiger partial charge in [0.05, 0.1) is 12.4 Å². The van der Waals surface area contributed by atoms with E-state index in [9.17, 15) is 4.79 Å². The molecule has 1 aromatic carbocycles. The van der Waals surface area contributed by atoms with Crippen molar-refractivity contribution in [1.82, 2.24) is 5.32 Å². The standard InChI is InChI=1S/C14H21NO2S/c1-5-10(2)15-14(16)11(3)18-13-8-6-12(17-4)7-9-13/h6-11H,5H2,1-4H3,(H,15,16)/t10-,11-/m0/s1. The number of carbonyl (C=O) groups excluding carboxylic acids is 1. The summed E-state index contributed by atoms with van der Waals surface area (Å²) in [7, 11) is 1.64. The molecular formula is C14H21NO2S. The van der Waals surface area contributed by atoms with E-state index in [0.29, 0.717) is 0 Å². The maximum absolute atomic E-state index is 11.9. The van der Waals surface area contributed by atoms with Crippen molar-refractivity contribution >= 4 is 17.7 Å². The van der Waals surface area contributed by atoms with Gasteiger partial charge in [-0.15, -0.1) is 11.8 Å². The zero-order valence-corrected chi connectivity index (χ0v) is 12.2. The summed E-state index contributed by atoms with van der Waals surface area (Å²) in [6.07, 6.45) is 0.950. The Labute approximate surface area is 113 Å². The highest BCUT2D eigenvalue weighted by Crippen LogP contribution is 2.25. The minimum atomic E-state index is -0.0904. The molecule has 0 radical (unpaired) electrons. The van der Waals surface area contributed by atoms with Crippen molar-refractivity contribution in [3.05, 3.63) is 24.3 Å². The van der Waals surface area contributed by atoms with Gasteiger partial charge in [0.25, 0.3) is 0 Å². The Morgan fingerprint density at radius 1 is 1.33 bits per heavy atom. The van der Waals surface area contributed by atoms with Crippen molar-refractivity contribution in [2.75, 3.05) is 7.11 Å². The van der Waals surface area contributed by atoms with Crippen LogP contribution >= 0.6 is 11.8 Å². The van der Waals surface area contributed by atoms with Crippen LogP contribution in [0.3, 0.4) is 0 Å². The maximum Gasteiger partial charge on any atom is 0.233 e. The summed E-state index contributed by atoms with van der Waals surface area (Å²) in [5.74, 6) is 0.918. The van der Waals surface area contributed by atoms with Crippen LogP contribution in [0.4, 0.5) is 0 Å². The zero-order valence-electron chi connectivity index (χ0n) is 11.4. The minimum absolute atomic E-state index is 0.0881. The van der Waals surface area contributed by atoms with Crippen LogP contribution in [0.2, 0.25) is 0 Å². The molecule has 0 aromatic heterocycles. The van der Waals surface area contributed by atoms with Gasteiger partial charge in [0.1, 0.15) is 5.75 Å². The zero-order chi connectivity index (χ0) is 13.5. The molecule has 0 aliphatic heterocycles. The van der Waals surface area contributed by atoms with Gasteiger partial charge in [-0.05, 0) is 44.5 Å². The second-order valence-corrected chi connectivity index (χ2v) is 5.67. The monoisotopic (exact) mass is 267 g/mol. The lowest BCUT2D eigenvalue weighted by molar-refractivity contribution is -0.120. The van der Waals surface area contributed by atoms with E-state index in [4.69, 9.17) is 4.74 Å². The number of hydrogen-bond donors (Lipinski definition) is 1. The molecule has 1 rings (SSSR count). The minimum Gasteiger partial charge on any atom is -0.497 e. The van der Waals surface area contributed by atoms with E-state index in [2.05, 4.69) is 12.2 Å². The fourth-order valence-corrected chi connectivity index (χ4v) is 2.25. The second kappa shape index (κ2) is 7.31. The predicted molar refractivity (Wildman–Crippen MR) is 76.2 cm³/mol. The van der Waals surface area contributed by atoms with Crippen LogP contribution < -0.4 is 10.1 Å². The van der Waals surface area contributed by atoms with Crippen LogP contribution in [0.1, 0.15) is 27.2 Å². The first-order valence-corrected chi connectivity index (χ1v) is 7.05. The van der Waals surface area contributed by atoms with Crippen molar-refractivity contribution in [1.29, 1.82) is 0 Å². The van der Waals surface area contributed by atoms with Crippen LogP contribution in [0, 0.1) is 0 Å². The highest BCUT2D eigenvalue weighted by molar-refractivity contribution is 8.00. The lowest BCUT2D eigenvalue weighted by atomic mass is 10.2. The second-order valence-electron chi connectivity index (χ2n) is 4.25. The molecule has 1 N–H and O–H groups in total. The molecule has 0 fully saturated rings. The van der Waals surface area contributed by atoms with Crippen molar-refractivity contribution in [3.8, 4) is 5.75 Å². The molecule has 2 atom stereocenters. The summed E-state index contributed by atoms with van der Waals surface area (Å²) in [5.41, 5.74) is 0. The van der Waals surface area contributed by atoms with E-state index in [-0.39, 0.29) is 17.2 Å². The Hall–Kier alpha value is -1.16. The smallest absolute Gasteiger partial charge is 0.233 e. The highest BCUT2D eigenvalue weighted by atomic mass is 32.2. The summed E-state index contributed by atoms with van der Waals surface area (Å²) in [6.45, 7) is 6.00. The summed E-state index contributed by atoms with van der Waals surface area (Å²) in [4.78, 5) is 13.0. The Bertz CT molecular complexity index is 378. The van der Waals surface area contributed by atoms with Gasteiger partial charge in [-0.1, -0.05) is 6.92 Å². The predicted octanol–water partition coefficient (Wildman–Crippen LogP) is 3.09. The topological polar surface area (TPSA) is 38.3 Å². The molecule has 0 saturated carbocycles. The molecule has 0 bridgehead atoms. The van der Waals surface area contributed by atoms with Crippen LogP contribution in [-0.2, 0) is 4.79 Å². The maximum atomic E-state index is 11.9. The third-order valence-electron chi connectivity index (χ3n) is 2.74.